The summed E-state index contributed by atoms with van der Waals surface area (Å²) >= 11 is 0. The highest BCUT2D eigenvalue weighted by Crippen LogP contribution is 2.17. The highest BCUT2D eigenvalue weighted by atomic mass is 14.0. The molecule has 1 unspecified atom stereocenters. The van der Waals surface area contributed by atoms with Crippen LogP contribution >= 0.6 is 0 Å². The van der Waals surface area contributed by atoms with E-state index < -0.39 is 0 Å². The zero-order chi connectivity index (χ0) is 9.52. The number of hydrogen-bond donors (Lipinski definition) is 0. The van der Waals surface area contributed by atoms with E-state index in [4.69, 9.17) is 0 Å². The van der Waals surface area contributed by atoms with Crippen molar-refractivity contribution in [3.63, 3.8) is 0 Å². The van der Waals surface area contributed by atoms with Gasteiger partial charge in [0.05, 0.1) is 0 Å². The molecule has 0 spiro atoms. The van der Waals surface area contributed by atoms with Crippen molar-refractivity contribution in [1.29, 1.82) is 0 Å². The normalized spacial score (nSPS) is 12.6. The van der Waals surface area contributed by atoms with Gasteiger partial charge in [-0.05, 0) is 5.56 Å². The molecule has 0 heteroatoms. The highest BCUT2D eigenvalue weighted by Gasteiger charge is 2.00. The van der Waals surface area contributed by atoms with Gasteiger partial charge in [0.25, 0.3) is 0 Å². The summed E-state index contributed by atoms with van der Waals surface area (Å²) in [4.78, 5) is 0. The molecular formula is C13H14. The van der Waals surface area contributed by atoms with Crippen LogP contribution in [0, 0.1) is 0 Å². The molecule has 0 fully saturated rings. The van der Waals surface area contributed by atoms with Crippen LogP contribution in [0.5, 0.6) is 0 Å². The summed E-state index contributed by atoms with van der Waals surface area (Å²) < 4.78 is 0. The Hall–Kier alpha value is -1.56. The molecule has 0 bridgehead atoms. The van der Waals surface area contributed by atoms with Gasteiger partial charge in [0.1, 0.15) is 0 Å². The van der Waals surface area contributed by atoms with Gasteiger partial charge in [0.15, 0.2) is 0 Å². The summed E-state index contributed by atoms with van der Waals surface area (Å²) in [5.41, 5.74) is 1.26. The van der Waals surface area contributed by atoms with Crippen molar-refractivity contribution in [3.8, 4) is 0 Å². The van der Waals surface area contributed by atoms with Gasteiger partial charge in [0.2, 0.25) is 0 Å². The van der Waals surface area contributed by atoms with Gasteiger partial charge >= 0.3 is 0 Å². The molecule has 0 aliphatic rings. The predicted molar refractivity (Wildman–Crippen MR) is 58.7 cm³/mol. The fraction of sp³-hybridized carbons (Fsp3) is 0.0769. The number of allylic oxidation sites excluding steroid dienone is 4. The molecule has 0 heterocycles. The lowest BCUT2D eigenvalue weighted by Crippen LogP contribution is -1.88. The van der Waals surface area contributed by atoms with Crippen LogP contribution < -0.4 is 0 Å². The molecule has 0 amide bonds. The second-order valence-corrected chi connectivity index (χ2v) is 2.79. The Morgan fingerprint density at radius 2 is 1.77 bits per heavy atom. The summed E-state index contributed by atoms with van der Waals surface area (Å²) in [7, 11) is 0. The van der Waals surface area contributed by atoms with Crippen LogP contribution in [0.1, 0.15) is 11.5 Å². The Labute approximate surface area is 79.9 Å². The van der Waals surface area contributed by atoms with Gasteiger partial charge in [-0.3, -0.25) is 0 Å². The van der Waals surface area contributed by atoms with E-state index in [1.165, 1.54) is 5.56 Å². The second-order valence-electron chi connectivity index (χ2n) is 2.79. The van der Waals surface area contributed by atoms with Crippen molar-refractivity contribution < 1.29 is 0 Å². The van der Waals surface area contributed by atoms with Crippen molar-refractivity contribution >= 4 is 0 Å². The minimum atomic E-state index is 0.291. The van der Waals surface area contributed by atoms with Crippen molar-refractivity contribution in [1.82, 2.24) is 0 Å². The van der Waals surface area contributed by atoms with Gasteiger partial charge in [0, 0.05) is 5.92 Å². The molecule has 0 aliphatic carbocycles. The molecule has 0 N–H and O–H groups in total. The first-order valence-electron chi connectivity index (χ1n) is 4.35. The first-order valence-corrected chi connectivity index (χ1v) is 4.35. The molecule has 1 rings (SSSR count). The largest absolute Gasteiger partial charge is 0.102 e. The fourth-order valence-corrected chi connectivity index (χ4v) is 1.20. The Balaban J connectivity index is 2.84. The Kier molecular flexibility index (Phi) is 3.77. The Bertz CT molecular complexity index is 293. The molecule has 0 aromatic heterocycles. The zero-order valence-electron chi connectivity index (χ0n) is 7.69. The molecule has 1 aromatic rings. The highest BCUT2D eigenvalue weighted by molar-refractivity contribution is 5.28. The minimum absolute atomic E-state index is 0.291. The minimum Gasteiger partial charge on any atom is -0.102 e. The molecule has 13 heavy (non-hydrogen) atoms. The van der Waals surface area contributed by atoms with Crippen molar-refractivity contribution in [2.45, 2.75) is 5.92 Å². The van der Waals surface area contributed by atoms with Crippen LogP contribution in [0.2, 0.25) is 0 Å². The van der Waals surface area contributed by atoms with Gasteiger partial charge in [-0.15, -0.1) is 6.58 Å². The van der Waals surface area contributed by atoms with Gasteiger partial charge < -0.3 is 0 Å². The lowest BCUT2D eigenvalue weighted by Gasteiger charge is -2.06. The zero-order valence-corrected chi connectivity index (χ0v) is 7.69. The van der Waals surface area contributed by atoms with Gasteiger partial charge in [-0.25, -0.2) is 0 Å². The van der Waals surface area contributed by atoms with Crippen molar-refractivity contribution in [2.75, 3.05) is 0 Å². The smallest absolute Gasteiger partial charge is 0.0199 e. The maximum atomic E-state index is 3.80. The van der Waals surface area contributed by atoms with E-state index >= 15 is 0 Å². The van der Waals surface area contributed by atoms with E-state index in [0.717, 1.165) is 0 Å². The van der Waals surface area contributed by atoms with E-state index in [1.54, 1.807) is 6.08 Å². The van der Waals surface area contributed by atoms with Crippen LogP contribution in [-0.2, 0) is 0 Å². The third kappa shape index (κ3) is 2.75. The summed E-state index contributed by atoms with van der Waals surface area (Å²) in [6, 6.07) is 10.3. The van der Waals surface area contributed by atoms with Crippen molar-refractivity contribution in [3.05, 3.63) is 73.4 Å². The van der Waals surface area contributed by atoms with Crippen LogP contribution in [-0.4, -0.2) is 0 Å². The molecule has 0 nitrogen and oxygen atoms in total. The molecule has 1 atom stereocenters. The Morgan fingerprint density at radius 3 is 2.31 bits per heavy atom. The molecule has 0 aliphatic heterocycles. The monoisotopic (exact) mass is 170 g/mol. The summed E-state index contributed by atoms with van der Waals surface area (Å²) in [6.07, 6.45) is 7.73. The maximum Gasteiger partial charge on any atom is 0.0199 e. The van der Waals surface area contributed by atoms with E-state index in [2.05, 4.69) is 31.4 Å². The molecule has 0 radical (unpaired) electrons. The summed E-state index contributed by atoms with van der Waals surface area (Å²) in [5.74, 6) is 0.291. The number of rotatable bonds is 4. The maximum absolute atomic E-state index is 3.80. The fourth-order valence-electron chi connectivity index (χ4n) is 1.20. The second kappa shape index (κ2) is 5.15. The SMILES string of the molecule is C=CC=CC(C=C)c1ccccc1. The topological polar surface area (TPSA) is 0 Å². The van der Waals surface area contributed by atoms with E-state index in [-0.39, 0.29) is 0 Å². The average Bonchev–Trinajstić information content (AvgIpc) is 2.21. The third-order valence-electron chi connectivity index (χ3n) is 1.89. The molecule has 66 valence electrons. The Morgan fingerprint density at radius 1 is 1.08 bits per heavy atom. The standard InChI is InChI=1S/C13H14/c1-3-5-9-12(4-2)13-10-7-6-8-11-13/h3-12H,1-2H2. The lowest BCUT2D eigenvalue weighted by atomic mass is 9.99. The van der Waals surface area contributed by atoms with E-state index in [9.17, 15) is 0 Å². The first kappa shape index (κ1) is 9.53. The van der Waals surface area contributed by atoms with Crippen molar-refractivity contribution in [2.24, 2.45) is 0 Å². The predicted octanol–water partition coefficient (Wildman–Crippen LogP) is 3.70. The average molecular weight is 170 g/mol. The van der Waals surface area contributed by atoms with Gasteiger partial charge in [-0.1, -0.05) is 61.2 Å². The first-order chi connectivity index (χ1) is 6.38. The number of benzene rings is 1. The van der Waals surface area contributed by atoms with E-state index in [0.29, 0.717) is 5.92 Å². The molecule has 1 aromatic carbocycles. The van der Waals surface area contributed by atoms with Crippen LogP contribution in [0.25, 0.3) is 0 Å². The van der Waals surface area contributed by atoms with E-state index in [1.807, 2.05) is 30.4 Å². The van der Waals surface area contributed by atoms with Crippen LogP contribution in [0.15, 0.2) is 67.8 Å². The van der Waals surface area contributed by atoms with Gasteiger partial charge in [-0.2, -0.15) is 0 Å². The quantitative estimate of drug-likeness (QED) is 0.477. The number of hydrogen-bond acceptors (Lipinski definition) is 0. The molecular weight excluding hydrogens is 156 g/mol. The summed E-state index contributed by atoms with van der Waals surface area (Å²) in [6.45, 7) is 7.44. The van der Waals surface area contributed by atoms with Crippen LogP contribution in [0.4, 0.5) is 0 Å². The summed E-state index contributed by atoms with van der Waals surface area (Å²) in [5, 5.41) is 0. The molecule has 0 saturated carbocycles. The third-order valence-corrected chi connectivity index (χ3v) is 1.89. The lowest BCUT2D eigenvalue weighted by molar-refractivity contribution is 1.09. The molecule has 0 saturated heterocycles. The van der Waals surface area contributed by atoms with Crippen LogP contribution in [0.3, 0.4) is 0 Å².